The van der Waals surface area contributed by atoms with Crippen LogP contribution in [0.15, 0.2) is 57.6 Å². The maximum absolute atomic E-state index is 13.1. The minimum absolute atomic E-state index is 0.0150. The summed E-state index contributed by atoms with van der Waals surface area (Å²) in [5.74, 6) is 0.680. The number of furan rings is 1. The van der Waals surface area contributed by atoms with Crippen molar-refractivity contribution in [2.45, 2.75) is 32.1 Å². The largest absolute Gasteiger partial charge is 0.459 e. The van der Waals surface area contributed by atoms with E-state index in [1.165, 1.54) is 11.8 Å². The zero-order chi connectivity index (χ0) is 26.8. The number of hydrogen-bond donors (Lipinski definition) is 1. The lowest BCUT2D eigenvalue weighted by atomic mass is 9.71. The second-order valence-corrected chi connectivity index (χ2v) is 11.1. The highest BCUT2D eigenvalue weighted by atomic mass is 32.1. The van der Waals surface area contributed by atoms with Gasteiger partial charge in [-0.2, -0.15) is 0 Å². The van der Waals surface area contributed by atoms with E-state index in [0.29, 0.717) is 57.0 Å². The van der Waals surface area contributed by atoms with Gasteiger partial charge in [-0.25, -0.2) is 9.97 Å². The van der Waals surface area contributed by atoms with Gasteiger partial charge in [-0.3, -0.25) is 14.4 Å². The number of hydrogen-bond acceptors (Lipinski definition) is 7. The van der Waals surface area contributed by atoms with Crippen LogP contribution in [0.2, 0.25) is 0 Å². The van der Waals surface area contributed by atoms with Crippen LogP contribution in [0.5, 0.6) is 0 Å². The molecular weight excluding hydrogens is 514 g/mol. The van der Waals surface area contributed by atoms with Gasteiger partial charge >= 0.3 is 0 Å². The number of anilines is 1. The molecule has 9 nitrogen and oxygen atoms in total. The molecule has 0 saturated carbocycles. The molecule has 0 radical (unpaired) electrons. The van der Waals surface area contributed by atoms with Gasteiger partial charge in [0.15, 0.2) is 5.76 Å². The van der Waals surface area contributed by atoms with Gasteiger partial charge in [0.2, 0.25) is 11.8 Å². The van der Waals surface area contributed by atoms with Crippen LogP contribution in [-0.4, -0.2) is 63.7 Å². The molecule has 0 aromatic carbocycles. The van der Waals surface area contributed by atoms with Crippen molar-refractivity contribution in [1.82, 2.24) is 19.8 Å². The molecule has 10 heteroatoms. The standard InChI is InChI=1S/C29H29N5O4S/c35-25(33-9-5-20(6-10-33)15-23-18-39-19-31-23)4-3-21-14-22-16-29(28(37)32-26(22)30-17-21)7-11-34(12-8-29)27(36)24-2-1-13-38-24/h1-4,13-15,17-19H,5-12,16H2,(H,30,32,37)/b4-3+. The van der Waals surface area contributed by atoms with Crippen molar-refractivity contribution in [3.63, 3.8) is 0 Å². The first-order chi connectivity index (χ1) is 19.0. The summed E-state index contributed by atoms with van der Waals surface area (Å²) in [5.41, 5.74) is 5.32. The summed E-state index contributed by atoms with van der Waals surface area (Å²) < 4.78 is 5.25. The van der Waals surface area contributed by atoms with Crippen LogP contribution in [0, 0.1) is 5.41 Å². The van der Waals surface area contributed by atoms with Crippen LogP contribution in [0.25, 0.3) is 12.2 Å². The van der Waals surface area contributed by atoms with Crippen molar-refractivity contribution < 1.29 is 18.8 Å². The molecule has 2 fully saturated rings. The number of pyridine rings is 1. The molecule has 200 valence electrons. The molecule has 1 spiro atoms. The number of nitrogens with one attached hydrogen (secondary N) is 1. The van der Waals surface area contributed by atoms with E-state index in [1.54, 1.807) is 46.7 Å². The number of piperidine rings is 2. The van der Waals surface area contributed by atoms with E-state index < -0.39 is 5.41 Å². The normalized spacial score (nSPS) is 18.8. The molecule has 2 saturated heterocycles. The Morgan fingerprint density at radius 3 is 2.64 bits per heavy atom. The first-order valence-electron chi connectivity index (χ1n) is 13.2. The number of likely N-dealkylation sites (tertiary alicyclic amines) is 2. The fourth-order valence-electron chi connectivity index (χ4n) is 5.58. The van der Waals surface area contributed by atoms with Crippen LogP contribution in [0.4, 0.5) is 5.82 Å². The number of aromatic nitrogens is 2. The van der Waals surface area contributed by atoms with Gasteiger partial charge in [-0.05, 0) is 73.6 Å². The molecule has 39 heavy (non-hydrogen) atoms. The lowest BCUT2D eigenvalue weighted by molar-refractivity contribution is -0.128. The summed E-state index contributed by atoms with van der Waals surface area (Å²) in [5, 5.41) is 5.00. The minimum Gasteiger partial charge on any atom is -0.459 e. The summed E-state index contributed by atoms with van der Waals surface area (Å²) in [6.07, 6.45) is 12.1. The summed E-state index contributed by atoms with van der Waals surface area (Å²) in [4.78, 5) is 51.0. The van der Waals surface area contributed by atoms with E-state index >= 15 is 0 Å². The lowest BCUT2D eigenvalue weighted by Gasteiger charge is -2.42. The molecule has 0 aliphatic carbocycles. The van der Waals surface area contributed by atoms with E-state index in [2.05, 4.69) is 21.4 Å². The van der Waals surface area contributed by atoms with Crippen LogP contribution in [0.1, 0.15) is 53.1 Å². The fourth-order valence-corrected chi connectivity index (χ4v) is 6.10. The number of carbonyl (C=O) groups is 3. The van der Waals surface area contributed by atoms with Crippen molar-refractivity contribution in [1.29, 1.82) is 0 Å². The average molecular weight is 544 g/mol. The van der Waals surface area contributed by atoms with Crippen LogP contribution in [-0.2, 0) is 16.0 Å². The van der Waals surface area contributed by atoms with Gasteiger partial charge < -0.3 is 19.5 Å². The monoisotopic (exact) mass is 543 g/mol. The van der Waals surface area contributed by atoms with Gasteiger partial charge in [-0.15, -0.1) is 11.3 Å². The molecule has 6 heterocycles. The molecule has 0 atom stereocenters. The van der Waals surface area contributed by atoms with E-state index in [4.69, 9.17) is 4.42 Å². The van der Waals surface area contributed by atoms with Crippen LogP contribution in [0.3, 0.4) is 0 Å². The summed E-state index contributed by atoms with van der Waals surface area (Å²) in [7, 11) is 0. The number of rotatable bonds is 4. The number of fused-ring (bicyclic) bond motifs is 1. The number of carbonyl (C=O) groups excluding carboxylic acids is 3. The molecule has 3 aromatic heterocycles. The third-order valence-electron chi connectivity index (χ3n) is 7.91. The molecule has 0 unspecified atom stereocenters. The topological polar surface area (TPSA) is 109 Å². The molecule has 3 aromatic rings. The molecule has 3 aliphatic rings. The molecule has 1 N–H and O–H groups in total. The van der Waals surface area contributed by atoms with Crippen molar-refractivity contribution in [3.05, 3.63) is 75.8 Å². The van der Waals surface area contributed by atoms with Gasteiger partial charge in [0, 0.05) is 43.8 Å². The molecule has 3 aliphatic heterocycles. The summed E-state index contributed by atoms with van der Waals surface area (Å²) >= 11 is 1.58. The third-order valence-corrected chi connectivity index (χ3v) is 8.51. The first kappa shape index (κ1) is 25.2. The van der Waals surface area contributed by atoms with E-state index in [9.17, 15) is 14.4 Å². The van der Waals surface area contributed by atoms with Crippen molar-refractivity contribution in [2.24, 2.45) is 5.41 Å². The molecule has 0 bridgehead atoms. The predicted octanol–water partition coefficient (Wildman–Crippen LogP) is 4.27. The van der Waals surface area contributed by atoms with Gasteiger partial charge in [-0.1, -0.05) is 5.57 Å². The predicted molar refractivity (Wildman–Crippen MR) is 148 cm³/mol. The quantitative estimate of drug-likeness (QED) is 0.493. The van der Waals surface area contributed by atoms with Crippen molar-refractivity contribution in [3.8, 4) is 0 Å². The maximum Gasteiger partial charge on any atom is 0.289 e. The van der Waals surface area contributed by atoms with E-state index in [1.807, 2.05) is 21.9 Å². The van der Waals surface area contributed by atoms with Crippen molar-refractivity contribution in [2.75, 3.05) is 31.5 Å². The Morgan fingerprint density at radius 2 is 1.92 bits per heavy atom. The molecule has 3 amide bonds. The van der Waals surface area contributed by atoms with Gasteiger partial charge in [0.1, 0.15) is 5.82 Å². The number of nitrogens with zero attached hydrogens (tertiary/aromatic N) is 4. The highest BCUT2D eigenvalue weighted by Gasteiger charge is 2.45. The highest BCUT2D eigenvalue weighted by Crippen LogP contribution is 2.41. The van der Waals surface area contributed by atoms with Gasteiger partial charge in [0.25, 0.3) is 5.91 Å². The first-order valence-corrected chi connectivity index (χ1v) is 14.1. The summed E-state index contributed by atoms with van der Waals surface area (Å²) in [6.45, 7) is 2.35. The fraction of sp³-hybridized carbons (Fsp3) is 0.345. The summed E-state index contributed by atoms with van der Waals surface area (Å²) in [6, 6.07) is 5.35. The van der Waals surface area contributed by atoms with Gasteiger partial charge in [0.05, 0.1) is 22.9 Å². The van der Waals surface area contributed by atoms with Crippen LogP contribution < -0.4 is 5.32 Å². The Morgan fingerprint density at radius 1 is 1.10 bits per heavy atom. The van der Waals surface area contributed by atoms with E-state index in [-0.39, 0.29) is 17.7 Å². The van der Waals surface area contributed by atoms with Crippen molar-refractivity contribution >= 4 is 47.0 Å². The average Bonchev–Trinajstić information content (AvgIpc) is 3.68. The third kappa shape index (κ3) is 5.29. The molecule has 6 rings (SSSR count). The van der Waals surface area contributed by atoms with E-state index in [0.717, 1.165) is 29.7 Å². The SMILES string of the molecule is O=C(/C=C/c1cnc2c(c1)CC1(CCN(C(=O)c3ccco3)CC1)C(=O)N2)N1CCC(=Cc2cscn2)CC1. The van der Waals surface area contributed by atoms with Crippen LogP contribution >= 0.6 is 11.3 Å². The Kier molecular flexibility index (Phi) is 6.86. The second kappa shape index (κ2) is 10.6. The zero-order valence-electron chi connectivity index (χ0n) is 21.5. The number of amides is 3. The Bertz CT molecular complexity index is 1430. The Balaban J connectivity index is 1.08. The Hall–Kier alpha value is -4.05. The zero-order valence-corrected chi connectivity index (χ0v) is 22.3. The smallest absolute Gasteiger partial charge is 0.289 e. The maximum atomic E-state index is 13.1. The lowest BCUT2D eigenvalue weighted by Crippen LogP contribution is -2.51. The molecular formula is C29H29N5O4S. The minimum atomic E-state index is -0.579. The Labute approximate surface area is 230 Å². The number of thiazole rings is 1. The second-order valence-electron chi connectivity index (χ2n) is 10.3. The highest BCUT2D eigenvalue weighted by molar-refractivity contribution is 7.07.